The van der Waals surface area contributed by atoms with Crippen LogP contribution in [0.1, 0.15) is 5.56 Å². The van der Waals surface area contributed by atoms with E-state index in [4.69, 9.17) is 0 Å². The molecule has 5 aromatic rings. The second-order valence-electron chi connectivity index (χ2n) is 6.88. The Morgan fingerprint density at radius 1 is 1.03 bits per heavy atom. The largest absolute Gasteiger partial charge is 0.416 e. The Morgan fingerprint density at radius 2 is 1.87 bits per heavy atom. The molecule has 2 aromatic carbocycles. The molecule has 0 saturated heterocycles. The number of alkyl halides is 3. The SMILES string of the molecule is Cn1cc(-c2nc3ccccc3[nH]2)c2c(Nc3cccc(C(F)(F)F)c3)ncnc21. The van der Waals surface area contributed by atoms with Gasteiger partial charge in [-0.05, 0) is 30.3 Å². The monoisotopic (exact) mass is 408 g/mol. The van der Waals surface area contributed by atoms with Crippen LogP contribution in [0, 0.1) is 0 Å². The zero-order valence-electron chi connectivity index (χ0n) is 15.7. The molecule has 2 N–H and O–H groups in total. The molecule has 6 nitrogen and oxygen atoms in total. The molecule has 0 aliphatic rings. The highest BCUT2D eigenvalue weighted by Gasteiger charge is 2.30. The first-order valence-corrected chi connectivity index (χ1v) is 9.09. The van der Waals surface area contributed by atoms with Gasteiger partial charge in [0.1, 0.15) is 23.6 Å². The number of hydrogen-bond acceptors (Lipinski definition) is 4. The summed E-state index contributed by atoms with van der Waals surface area (Å²) in [5.74, 6) is 1.03. The molecular weight excluding hydrogens is 393 g/mol. The van der Waals surface area contributed by atoms with Gasteiger partial charge in [-0.3, -0.25) is 0 Å². The number of imidazole rings is 1. The van der Waals surface area contributed by atoms with Gasteiger partial charge in [-0.1, -0.05) is 18.2 Å². The molecule has 0 atom stereocenters. The van der Waals surface area contributed by atoms with E-state index >= 15 is 0 Å². The predicted molar refractivity (Wildman–Crippen MR) is 108 cm³/mol. The maximum Gasteiger partial charge on any atom is 0.416 e. The molecule has 3 heterocycles. The lowest BCUT2D eigenvalue weighted by Gasteiger charge is -2.11. The van der Waals surface area contributed by atoms with Crippen LogP contribution in [0.4, 0.5) is 24.7 Å². The van der Waals surface area contributed by atoms with E-state index in [9.17, 15) is 13.2 Å². The Hall–Kier alpha value is -3.88. The summed E-state index contributed by atoms with van der Waals surface area (Å²) in [6.07, 6.45) is -1.18. The smallest absolute Gasteiger partial charge is 0.340 e. The Kier molecular flexibility index (Phi) is 3.99. The van der Waals surface area contributed by atoms with Crippen molar-refractivity contribution in [2.24, 2.45) is 7.05 Å². The van der Waals surface area contributed by atoms with Gasteiger partial charge in [0.2, 0.25) is 0 Å². The molecule has 0 spiro atoms. The van der Waals surface area contributed by atoms with Gasteiger partial charge in [0.25, 0.3) is 0 Å². The van der Waals surface area contributed by atoms with Crippen molar-refractivity contribution in [2.75, 3.05) is 5.32 Å². The Bertz CT molecular complexity index is 1350. The van der Waals surface area contributed by atoms with Crippen LogP contribution < -0.4 is 5.32 Å². The molecule has 0 aliphatic carbocycles. The number of rotatable bonds is 3. The molecule has 9 heteroatoms. The van der Waals surface area contributed by atoms with Gasteiger partial charge in [0.15, 0.2) is 0 Å². The number of nitrogens with zero attached hydrogens (tertiary/aromatic N) is 4. The number of halogens is 3. The van der Waals surface area contributed by atoms with Crippen LogP contribution in [0.2, 0.25) is 0 Å². The molecule has 3 aromatic heterocycles. The van der Waals surface area contributed by atoms with Gasteiger partial charge in [-0.15, -0.1) is 0 Å². The van der Waals surface area contributed by atoms with E-state index in [0.29, 0.717) is 22.7 Å². The number of aromatic nitrogens is 5. The number of para-hydroxylation sites is 2. The zero-order chi connectivity index (χ0) is 20.9. The first-order valence-electron chi connectivity index (χ1n) is 9.09. The van der Waals surface area contributed by atoms with Crippen LogP contribution >= 0.6 is 0 Å². The number of H-pyrrole nitrogens is 1. The van der Waals surface area contributed by atoms with E-state index in [0.717, 1.165) is 28.7 Å². The average Bonchev–Trinajstić information content (AvgIpc) is 3.29. The van der Waals surface area contributed by atoms with E-state index < -0.39 is 11.7 Å². The number of fused-ring (bicyclic) bond motifs is 2. The zero-order valence-corrected chi connectivity index (χ0v) is 15.7. The van der Waals surface area contributed by atoms with Gasteiger partial charge >= 0.3 is 6.18 Å². The summed E-state index contributed by atoms with van der Waals surface area (Å²) in [6.45, 7) is 0. The van der Waals surface area contributed by atoms with Crippen LogP contribution in [-0.4, -0.2) is 24.5 Å². The Morgan fingerprint density at radius 3 is 2.67 bits per heavy atom. The van der Waals surface area contributed by atoms with Crippen LogP contribution in [0.5, 0.6) is 0 Å². The standard InChI is InChI=1S/C21H15F3N6/c1-30-10-14(18-28-15-7-2-3-8-16(15)29-18)17-19(25-11-26-20(17)30)27-13-6-4-5-12(9-13)21(22,23)24/h2-11H,1H3,(H,28,29)(H,25,26,27). The number of aromatic amines is 1. The fraction of sp³-hybridized carbons (Fsp3) is 0.0952. The van der Waals surface area contributed by atoms with Crippen molar-refractivity contribution >= 4 is 33.6 Å². The van der Waals surface area contributed by atoms with Crippen LogP contribution in [0.3, 0.4) is 0 Å². The van der Waals surface area contributed by atoms with Crippen molar-refractivity contribution in [1.82, 2.24) is 24.5 Å². The molecule has 0 unspecified atom stereocenters. The highest BCUT2D eigenvalue weighted by atomic mass is 19.4. The summed E-state index contributed by atoms with van der Waals surface area (Å²) in [4.78, 5) is 16.5. The lowest BCUT2D eigenvalue weighted by Crippen LogP contribution is -2.05. The third-order valence-electron chi connectivity index (χ3n) is 4.85. The number of aryl methyl sites for hydroxylation is 1. The third kappa shape index (κ3) is 3.04. The number of hydrogen-bond donors (Lipinski definition) is 2. The second kappa shape index (κ2) is 6.58. The molecule has 30 heavy (non-hydrogen) atoms. The molecule has 0 radical (unpaired) electrons. The quantitative estimate of drug-likeness (QED) is 0.426. The van der Waals surface area contributed by atoms with E-state index in [1.807, 2.05) is 42.1 Å². The highest BCUT2D eigenvalue weighted by Crippen LogP contribution is 2.35. The van der Waals surface area contributed by atoms with Gasteiger partial charge in [-0.2, -0.15) is 13.2 Å². The second-order valence-corrected chi connectivity index (χ2v) is 6.88. The van der Waals surface area contributed by atoms with Crippen molar-refractivity contribution in [3.05, 3.63) is 66.6 Å². The normalized spacial score (nSPS) is 12.0. The van der Waals surface area contributed by atoms with E-state index in [2.05, 4.69) is 25.3 Å². The molecule has 0 amide bonds. The van der Waals surface area contributed by atoms with Crippen LogP contribution in [-0.2, 0) is 13.2 Å². The lowest BCUT2D eigenvalue weighted by molar-refractivity contribution is -0.137. The fourth-order valence-corrected chi connectivity index (χ4v) is 3.48. The van der Waals surface area contributed by atoms with E-state index in [1.165, 1.54) is 12.4 Å². The first kappa shape index (κ1) is 18.2. The maximum absolute atomic E-state index is 13.1. The average molecular weight is 408 g/mol. The van der Waals surface area contributed by atoms with Crippen molar-refractivity contribution < 1.29 is 13.2 Å². The molecule has 0 saturated carbocycles. The maximum atomic E-state index is 13.1. The minimum atomic E-state index is -4.43. The van der Waals surface area contributed by atoms with Gasteiger partial charge in [0, 0.05) is 24.5 Å². The summed E-state index contributed by atoms with van der Waals surface area (Å²) in [7, 11) is 1.84. The lowest BCUT2D eigenvalue weighted by atomic mass is 10.2. The first-order chi connectivity index (χ1) is 14.4. The Balaban J connectivity index is 1.65. The summed E-state index contributed by atoms with van der Waals surface area (Å²) in [6, 6.07) is 12.6. The number of benzene rings is 2. The van der Waals surface area contributed by atoms with Crippen molar-refractivity contribution in [1.29, 1.82) is 0 Å². The fourth-order valence-electron chi connectivity index (χ4n) is 3.48. The minimum Gasteiger partial charge on any atom is -0.340 e. The molecule has 150 valence electrons. The van der Waals surface area contributed by atoms with E-state index in [1.54, 1.807) is 6.07 Å². The summed E-state index contributed by atoms with van der Waals surface area (Å²) >= 11 is 0. The van der Waals surface area contributed by atoms with Gasteiger partial charge in [0.05, 0.1) is 22.0 Å². The van der Waals surface area contributed by atoms with Crippen molar-refractivity contribution in [3.8, 4) is 11.4 Å². The number of nitrogens with one attached hydrogen (secondary N) is 2. The van der Waals surface area contributed by atoms with Crippen LogP contribution in [0.25, 0.3) is 33.5 Å². The summed E-state index contributed by atoms with van der Waals surface area (Å²) < 4.78 is 41.1. The van der Waals surface area contributed by atoms with Crippen molar-refractivity contribution in [3.63, 3.8) is 0 Å². The van der Waals surface area contributed by atoms with Gasteiger partial charge in [-0.25, -0.2) is 15.0 Å². The molecule has 0 bridgehead atoms. The van der Waals surface area contributed by atoms with Crippen molar-refractivity contribution in [2.45, 2.75) is 6.18 Å². The van der Waals surface area contributed by atoms with E-state index in [-0.39, 0.29) is 5.69 Å². The molecule has 0 aliphatic heterocycles. The molecular formula is C21H15F3N6. The predicted octanol–water partition coefficient (Wildman–Crippen LogP) is 5.27. The number of anilines is 2. The molecule has 0 fully saturated rings. The molecule has 5 rings (SSSR count). The minimum absolute atomic E-state index is 0.282. The summed E-state index contributed by atoms with van der Waals surface area (Å²) in [5, 5.41) is 3.67. The summed E-state index contributed by atoms with van der Waals surface area (Å²) in [5.41, 5.74) is 2.63. The van der Waals surface area contributed by atoms with Gasteiger partial charge < -0.3 is 14.9 Å². The Labute approximate surface area is 168 Å². The van der Waals surface area contributed by atoms with Crippen LogP contribution in [0.15, 0.2) is 61.1 Å². The topological polar surface area (TPSA) is 71.4 Å². The third-order valence-corrected chi connectivity index (χ3v) is 4.85. The highest BCUT2D eigenvalue weighted by molar-refractivity contribution is 6.01.